The van der Waals surface area contributed by atoms with Gasteiger partial charge >= 0.3 is 0 Å². The molecule has 120 valence electrons. The Balaban J connectivity index is 1.78. The van der Waals surface area contributed by atoms with Gasteiger partial charge in [-0.2, -0.15) is 0 Å². The summed E-state index contributed by atoms with van der Waals surface area (Å²) >= 11 is 0. The number of hydrogen-bond donors (Lipinski definition) is 2. The second-order valence-corrected chi connectivity index (χ2v) is 5.80. The van der Waals surface area contributed by atoms with Gasteiger partial charge in [-0.1, -0.05) is 12.1 Å². The summed E-state index contributed by atoms with van der Waals surface area (Å²) in [6, 6.07) is 4.84. The van der Waals surface area contributed by atoms with Crippen molar-refractivity contribution >= 4 is 23.6 Å². The van der Waals surface area contributed by atoms with Crippen molar-refractivity contribution in [2.45, 2.75) is 38.9 Å². The molecule has 2 heterocycles. The van der Waals surface area contributed by atoms with Gasteiger partial charge in [0.1, 0.15) is 6.04 Å². The molecule has 0 saturated carbocycles. The number of rotatable bonds is 3. The summed E-state index contributed by atoms with van der Waals surface area (Å²) in [4.78, 5) is 48.3. The molecule has 0 aliphatic carbocycles. The fourth-order valence-corrected chi connectivity index (χ4v) is 2.94. The lowest BCUT2D eigenvalue weighted by molar-refractivity contribution is -0.137. The van der Waals surface area contributed by atoms with Gasteiger partial charge in [-0.25, -0.2) is 0 Å². The molecule has 1 fully saturated rings. The number of imide groups is 1. The summed E-state index contributed by atoms with van der Waals surface area (Å²) in [7, 11) is 0. The third-order valence-corrected chi connectivity index (χ3v) is 4.13. The number of amides is 4. The molecule has 2 N–H and O–H groups in total. The Morgan fingerprint density at radius 3 is 2.83 bits per heavy atom. The lowest BCUT2D eigenvalue weighted by atomic mass is 10.0. The lowest BCUT2D eigenvalue weighted by Gasteiger charge is -2.29. The second-order valence-electron chi connectivity index (χ2n) is 5.80. The smallest absolute Gasteiger partial charge is 0.255 e. The maximum absolute atomic E-state index is 12.6. The molecule has 2 aliphatic heterocycles. The Morgan fingerprint density at radius 1 is 1.35 bits per heavy atom. The van der Waals surface area contributed by atoms with Crippen molar-refractivity contribution in [3.8, 4) is 0 Å². The van der Waals surface area contributed by atoms with Crippen molar-refractivity contribution in [3.05, 3.63) is 34.9 Å². The van der Waals surface area contributed by atoms with E-state index in [-0.39, 0.29) is 24.1 Å². The van der Waals surface area contributed by atoms with E-state index in [2.05, 4.69) is 10.6 Å². The Labute approximate surface area is 133 Å². The summed E-state index contributed by atoms with van der Waals surface area (Å²) < 4.78 is 0. The number of nitrogens with one attached hydrogen (secondary N) is 2. The highest BCUT2D eigenvalue weighted by Crippen LogP contribution is 2.28. The summed E-state index contributed by atoms with van der Waals surface area (Å²) in [5, 5.41) is 4.97. The van der Waals surface area contributed by atoms with Gasteiger partial charge in [0, 0.05) is 32.0 Å². The molecule has 0 spiro atoms. The monoisotopic (exact) mass is 315 g/mol. The average Bonchev–Trinajstić information content (AvgIpc) is 2.82. The van der Waals surface area contributed by atoms with Crippen LogP contribution in [0.2, 0.25) is 0 Å². The van der Waals surface area contributed by atoms with E-state index >= 15 is 0 Å². The molecule has 0 aromatic heterocycles. The Kier molecular flexibility index (Phi) is 3.85. The molecule has 1 unspecified atom stereocenters. The molecule has 3 rings (SSSR count). The molecule has 1 aromatic rings. The summed E-state index contributed by atoms with van der Waals surface area (Å²) in [5.41, 5.74) is 2.24. The first-order chi connectivity index (χ1) is 11.0. The standard InChI is InChI=1S/C16H17N3O4/c1-9(20)17-7-10-2-3-11-8-19(16(23)12(11)6-10)13-4-5-14(21)18-15(13)22/h2-3,6,13H,4-5,7-8H2,1H3,(H,17,20)(H,18,21,22). The largest absolute Gasteiger partial charge is 0.352 e. The Bertz CT molecular complexity index is 713. The quantitative estimate of drug-likeness (QED) is 0.772. The van der Waals surface area contributed by atoms with E-state index < -0.39 is 11.9 Å². The predicted octanol–water partition coefficient (Wildman–Crippen LogP) is 0.0837. The zero-order valence-electron chi connectivity index (χ0n) is 12.7. The molecule has 1 atom stereocenters. The molecule has 2 aliphatic rings. The number of benzene rings is 1. The van der Waals surface area contributed by atoms with Crippen LogP contribution < -0.4 is 10.6 Å². The predicted molar refractivity (Wildman–Crippen MR) is 80.0 cm³/mol. The highest BCUT2D eigenvalue weighted by molar-refractivity contribution is 6.05. The Morgan fingerprint density at radius 2 is 2.13 bits per heavy atom. The van der Waals surface area contributed by atoms with Crippen molar-refractivity contribution in [1.29, 1.82) is 0 Å². The third kappa shape index (κ3) is 2.94. The highest BCUT2D eigenvalue weighted by atomic mass is 16.2. The van der Waals surface area contributed by atoms with Crippen LogP contribution in [0.1, 0.15) is 41.3 Å². The fourth-order valence-electron chi connectivity index (χ4n) is 2.94. The number of nitrogens with zero attached hydrogens (tertiary/aromatic N) is 1. The SMILES string of the molecule is CC(=O)NCc1ccc2c(c1)C(=O)N(C1CCC(=O)NC1=O)C2. The van der Waals surface area contributed by atoms with Crippen LogP contribution in [0.5, 0.6) is 0 Å². The van der Waals surface area contributed by atoms with Gasteiger partial charge in [0.25, 0.3) is 5.91 Å². The van der Waals surface area contributed by atoms with Crippen molar-refractivity contribution in [1.82, 2.24) is 15.5 Å². The molecule has 7 heteroatoms. The van der Waals surface area contributed by atoms with E-state index in [0.717, 1.165) is 11.1 Å². The van der Waals surface area contributed by atoms with Crippen molar-refractivity contribution in [3.63, 3.8) is 0 Å². The van der Waals surface area contributed by atoms with E-state index in [4.69, 9.17) is 0 Å². The molecular formula is C16H17N3O4. The number of carbonyl (C=O) groups is 4. The molecular weight excluding hydrogens is 298 g/mol. The van der Waals surface area contributed by atoms with E-state index in [1.54, 1.807) is 6.07 Å². The van der Waals surface area contributed by atoms with Gasteiger partial charge in [-0.15, -0.1) is 0 Å². The van der Waals surface area contributed by atoms with Crippen LogP contribution in [0.25, 0.3) is 0 Å². The molecule has 23 heavy (non-hydrogen) atoms. The van der Waals surface area contributed by atoms with Crippen LogP contribution in [0.4, 0.5) is 0 Å². The summed E-state index contributed by atoms with van der Waals surface area (Å²) in [6.45, 7) is 2.15. The zero-order chi connectivity index (χ0) is 16.6. The van der Waals surface area contributed by atoms with Crippen LogP contribution in [0, 0.1) is 0 Å². The Hall–Kier alpha value is -2.70. The highest BCUT2D eigenvalue weighted by Gasteiger charge is 2.38. The van der Waals surface area contributed by atoms with Crippen molar-refractivity contribution in [2.75, 3.05) is 0 Å². The van der Waals surface area contributed by atoms with Gasteiger partial charge in [0.2, 0.25) is 17.7 Å². The first-order valence-electron chi connectivity index (χ1n) is 7.46. The molecule has 0 radical (unpaired) electrons. The van der Waals surface area contributed by atoms with Crippen LogP contribution in [0.3, 0.4) is 0 Å². The second kappa shape index (κ2) is 5.83. The molecule has 7 nitrogen and oxygen atoms in total. The minimum Gasteiger partial charge on any atom is -0.352 e. The van der Waals surface area contributed by atoms with Gasteiger partial charge in [-0.05, 0) is 23.6 Å². The maximum Gasteiger partial charge on any atom is 0.255 e. The number of carbonyl (C=O) groups excluding carboxylic acids is 4. The summed E-state index contributed by atoms with van der Waals surface area (Å²) in [5.74, 6) is -1.06. The average molecular weight is 315 g/mol. The van der Waals surface area contributed by atoms with Gasteiger partial charge in [0.05, 0.1) is 0 Å². The molecule has 1 aromatic carbocycles. The summed E-state index contributed by atoms with van der Waals surface area (Å²) in [6.07, 6.45) is 0.591. The van der Waals surface area contributed by atoms with Gasteiger partial charge in [0.15, 0.2) is 0 Å². The number of piperidine rings is 1. The first-order valence-corrected chi connectivity index (χ1v) is 7.46. The molecule has 0 bridgehead atoms. The number of fused-ring (bicyclic) bond motifs is 1. The lowest BCUT2D eigenvalue weighted by Crippen LogP contribution is -2.52. The van der Waals surface area contributed by atoms with Crippen LogP contribution in [-0.4, -0.2) is 34.6 Å². The first kappa shape index (κ1) is 15.2. The van der Waals surface area contributed by atoms with Crippen LogP contribution >= 0.6 is 0 Å². The number of hydrogen-bond acceptors (Lipinski definition) is 4. The van der Waals surface area contributed by atoms with Gasteiger partial charge in [-0.3, -0.25) is 24.5 Å². The van der Waals surface area contributed by atoms with E-state index in [1.165, 1.54) is 11.8 Å². The van der Waals surface area contributed by atoms with E-state index in [9.17, 15) is 19.2 Å². The molecule has 1 saturated heterocycles. The normalized spacial score (nSPS) is 20.3. The minimum atomic E-state index is -0.605. The third-order valence-electron chi connectivity index (χ3n) is 4.13. The van der Waals surface area contributed by atoms with Crippen LogP contribution in [-0.2, 0) is 27.5 Å². The van der Waals surface area contributed by atoms with Crippen molar-refractivity contribution in [2.24, 2.45) is 0 Å². The van der Waals surface area contributed by atoms with E-state index in [0.29, 0.717) is 25.1 Å². The fraction of sp³-hybridized carbons (Fsp3) is 0.375. The maximum atomic E-state index is 12.6. The van der Waals surface area contributed by atoms with Crippen molar-refractivity contribution < 1.29 is 19.2 Å². The topological polar surface area (TPSA) is 95.6 Å². The van der Waals surface area contributed by atoms with E-state index in [1.807, 2.05) is 12.1 Å². The zero-order valence-corrected chi connectivity index (χ0v) is 12.7. The molecule has 4 amide bonds. The van der Waals surface area contributed by atoms with Crippen LogP contribution in [0.15, 0.2) is 18.2 Å². The van der Waals surface area contributed by atoms with Gasteiger partial charge < -0.3 is 10.2 Å². The minimum absolute atomic E-state index is 0.137.